The van der Waals surface area contributed by atoms with E-state index in [1.807, 2.05) is 25.1 Å². The van der Waals surface area contributed by atoms with E-state index >= 15 is 0 Å². The first-order chi connectivity index (χ1) is 8.85. The molecule has 18 heavy (non-hydrogen) atoms. The highest BCUT2D eigenvalue weighted by Crippen LogP contribution is 2.32. The van der Waals surface area contributed by atoms with Gasteiger partial charge in [-0.1, -0.05) is 12.1 Å². The Morgan fingerprint density at radius 3 is 2.94 bits per heavy atom. The predicted octanol–water partition coefficient (Wildman–Crippen LogP) is 2.14. The third-order valence-corrected chi connectivity index (χ3v) is 2.97. The van der Waals surface area contributed by atoms with E-state index in [0.29, 0.717) is 24.7 Å². The smallest absolute Gasteiger partial charge is 0.166 e. The van der Waals surface area contributed by atoms with Crippen molar-refractivity contribution in [3.8, 4) is 11.5 Å². The molecular weight excluding hydrogens is 232 g/mol. The van der Waals surface area contributed by atoms with Crippen molar-refractivity contribution in [2.75, 3.05) is 19.8 Å². The highest BCUT2D eigenvalue weighted by molar-refractivity contribution is 5.46. The van der Waals surface area contributed by atoms with Crippen molar-refractivity contribution in [2.45, 2.75) is 32.5 Å². The van der Waals surface area contributed by atoms with Gasteiger partial charge in [0.1, 0.15) is 6.61 Å². The lowest BCUT2D eigenvalue weighted by Crippen LogP contribution is -2.17. The molecule has 1 aromatic carbocycles. The van der Waals surface area contributed by atoms with Crippen LogP contribution in [0.2, 0.25) is 0 Å². The second kappa shape index (κ2) is 6.61. The predicted molar refractivity (Wildman–Crippen MR) is 68.0 cm³/mol. The van der Waals surface area contributed by atoms with Crippen LogP contribution in [-0.4, -0.2) is 31.0 Å². The lowest BCUT2D eigenvalue weighted by Gasteiger charge is -2.17. The first-order valence-corrected chi connectivity index (χ1v) is 6.45. The number of para-hydroxylation sites is 1. The topological polar surface area (TPSA) is 47.9 Å². The maximum atomic E-state index is 9.34. The van der Waals surface area contributed by atoms with E-state index in [1.165, 1.54) is 0 Å². The van der Waals surface area contributed by atoms with Crippen molar-refractivity contribution in [2.24, 2.45) is 0 Å². The average molecular weight is 252 g/mol. The average Bonchev–Trinajstić information content (AvgIpc) is 2.90. The van der Waals surface area contributed by atoms with Crippen LogP contribution >= 0.6 is 0 Å². The summed E-state index contributed by atoms with van der Waals surface area (Å²) in [6.07, 6.45) is 2.28. The number of benzene rings is 1. The molecule has 0 spiro atoms. The summed E-state index contributed by atoms with van der Waals surface area (Å²) in [4.78, 5) is 0. The molecular formula is C14H20O4. The monoisotopic (exact) mass is 252 g/mol. The Morgan fingerprint density at radius 2 is 2.28 bits per heavy atom. The molecule has 4 heteroatoms. The third kappa shape index (κ3) is 3.15. The van der Waals surface area contributed by atoms with Crippen molar-refractivity contribution in [3.63, 3.8) is 0 Å². The number of hydrogen-bond donors (Lipinski definition) is 1. The number of hydrogen-bond acceptors (Lipinski definition) is 4. The minimum Gasteiger partial charge on any atom is -0.490 e. The Bertz CT molecular complexity index is 372. The first kappa shape index (κ1) is 13.2. The van der Waals surface area contributed by atoms with Gasteiger partial charge in [0, 0.05) is 12.2 Å². The molecule has 4 nitrogen and oxygen atoms in total. The summed E-state index contributed by atoms with van der Waals surface area (Å²) >= 11 is 0. The van der Waals surface area contributed by atoms with Crippen LogP contribution in [0.25, 0.3) is 0 Å². The van der Waals surface area contributed by atoms with Crippen LogP contribution in [0.1, 0.15) is 25.3 Å². The van der Waals surface area contributed by atoms with E-state index < -0.39 is 0 Å². The van der Waals surface area contributed by atoms with Gasteiger partial charge < -0.3 is 19.3 Å². The largest absolute Gasteiger partial charge is 0.490 e. The zero-order chi connectivity index (χ0) is 12.8. The maximum absolute atomic E-state index is 9.34. The fourth-order valence-corrected chi connectivity index (χ4v) is 2.07. The van der Waals surface area contributed by atoms with Crippen LogP contribution in [-0.2, 0) is 11.3 Å². The highest BCUT2D eigenvalue weighted by Gasteiger charge is 2.18. The summed E-state index contributed by atoms with van der Waals surface area (Å²) in [6, 6.07) is 5.55. The molecule has 1 aliphatic heterocycles. The summed E-state index contributed by atoms with van der Waals surface area (Å²) in [5.74, 6) is 1.32. The SMILES string of the molecule is CCOc1cccc(CO)c1OCC1CCCO1. The summed E-state index contributed by atoms with van der Waals surface area (Å²) in [7, 11) is 0. The molecule has 0 radical (unpaired) electrons. The van der Waals surface area contributed by atoms with E-state index in [2.05, 4.69) is 0 Å². The van der Waals surface area contributed by atoms with Crippen LogP contribution in [0.4, 0.5) is 0 Å². The zero-order valence-electron chi connectivity index (χ0n) is 10.7. The number of aliphatic hydroxyl groups is 1. The Labute approximate surface area is 107 Å². The molecule has 1 atom stereocenters. The number of ether oxygens (including phenoxy) is 3. The number of aliphatic hydroxyl groups excluding tert-OH is 1. The summed E-state index contributed by atoms with van der Waals surface area (Å²) in [6.45, 7) is 3.77. The Hall–Kier alpha value is -1.26. The van der Waals surface area contributed by atoms with Gasteiger partial charge in [-0.15, -0.1) is 0 Å². The molecule has 100 valence electrons. The number of rotatable bonds is 6. The van der Waals surface area contributed by atoms with Gasteiger partial charge in [0.2, 0.25) is 0 Å². The fraction of sp³-hybridized carbons (Fsp3) is 0.571. The van der Waals surface area contributed by atoms with Crippen molar-refractivity contribution >= 4 is 0 Å². The molecule has 1 unspecified atom stereocenters. The van der Waals surface area contributed by atoms with Crippen LogP contribution in [0.15, 0.2) is 18.2 Å². The molecule has 2 rings (SSSR count). The van der Waals surface area contributed by atoms with Crippen molar-refractivity contribution in [1.29, 1.82) is 0 Å². The second-order valence-corrected chi connectivity index (χ2v) is 4.28. The van der Waals surface area contributed by atoms with Gasteiger partial charge in [0.05, 0.1) is 19.3 Å². The van der Waals surface area contributed by atoms with Gasteiger partial charge in [-0.05, 0) is 25.8 Å². The Morgan fingerprint density at radius 1 is 1.39 bits per heavy atom. The lowest BCUT2D eigenvalue weighted by atomic mass is 10.2. The molecule has 0 aliphatic carbocycles. The fourth-order valence-electron chi connectivity index (χ4n) is 2.07. The van der Waals surface area contributed by atoms with Gasteiger partial charge in [-0.2, -0.15) is 0 Å². The van der Waals surface area contributed by atoms with Gasteiger partial charge in [0.15, 0.2) is 11.5 Å². The molecule has 1 heterocycles. The summed E-state index contributed by atoms with van der Waals surface area (Å²) in [5, 5.41) is 9.34. The molecule has 0 saturated carbocycles. The third-order valence-electron chi connectivity index (χ3n) is 2.97. The van der Waals surface area contributed by atoms with E-state index in [9.17, 15) is 5.11 Å². The molecule has 1 fully saturated rings. The van der Waals surface area contributed by atoms with Crippen LogP contribution in [0, 0.1) is 0 Å². The molecule has 0 bridgehead atoms. The molecule has 1 aromatic rings. The maximum Gasteiger partial charge on any atom is 0.166 e. The standard InChI is InChI=1S/C14H20O4/c1-2-16-13-7-3-5-11(9-15)14(13)18-10-12-6-4-8-17-12/h3,5,7,12,15H,2,4,6,8-10H2,1H3. The van der Waals surface area contributed by atoms with E-state index in [1.54, 1.807) is 0 Å². The zero-order valence-corrected chi connectivity index (χ0v) is 10.7. The molecule has 1 aliphatic rings. The van der Waals surface area contributed by atoms with Crippen LogP contribution in [0.3, 0.4) is 0 Å². The lowest BCUT2D eigenvalue weighted by molar-refractivity contribution is 0.0658. The minimum absolute atomic E-state index is 0.0538. The van der Waals surface area contributed by atoms with E-state index in [4.69, 9.17) is 14.2 Å². The summed E-state index contributed by atoms with van der Waals surface area (Å²) < 4.78 is 16.8. The minimum atomic E-state index is -0.0538. The van der Waals surface area contributed by atoms with Crippen LogP contribution in [0.5, 0.6) is 11.5 Å². The second-order valence-electron chi connectivity index (χ2n) is 4.28. The van der Waals surface area contributed by atoms with Crippen LogP contribution < -0.4 is 9.47 Å². The van der Waals surface area contributed by atoms with Crippen molar-refractivity contribution in [3.05, 3.63) is 23.8 Å². The molecule has 1 N–H and O–H groups in total. The van der Waals surface area contributed by atoms with E-state index in [0.717, 1.165) is 25.0 Å². The van der Waals surface area contributed by atoms with Crippen molar-refractivity contribution < 1.29 is 19.3 Å². The van der Waals surface area contributed by atoms with Gasteiger partial charge in [-0.25, -0.2) is 0 Å². The Balaban J connectivity index is 2.07. The Kier molecular flexibility index (Phi) is 4.84. The normalized spacial score (nSPS) is 18.9. The molecule has 1 saturated heterocycles. The van der Waals surface area contributed by atoms with Gasteiger partial charge in [-0.3, -0.25) is 0 Å². The highest BCUT2D eigenvalue weighted by atomic mass is 16.5. The first-order valence-electron chi connectivity index (χ1n) is 6.45. The van der Waals surface area contributed by atoms with Crippen molar-refractivity contribution in [1.82, 2.24) is 0 Å². The molecule has 0 amide bonds. The van der Waals surface area contributed by atoms with Gasteiger partial charge in [0.25, 0.3) is 0 Å². The summed E-state index contributed by atoms with van der Waals surface area (Å²) in [5.41, 5.74) is 0.749. The van der Waals surface area contributed by atoms with E-state index in [-0.39, 0.29) is 12.7 Å². The van der Waals surface area contributed by atoms with Gasteiger partial charge >= 0.3 is 0 Å². The quantitative estimate of drug-likeness (QED) is 0.842. The molecule has 0 aromatic heterocycles.